The van der Waals surface area contributed by atoms with Gasteiger partial charge in [0.1, 0.15) is 0 Å². The second-order valence-electron chi connectivity index (χ2n) is 7.18. The molecule has 0 bridgehead atoms. The third kappa shape index (κ3) is 15.8. The fourth-order valence-corrected chi connectivity index (χ4v) is 2.60. The Kier molecular flexibility index (Phi) is 14.8. The Bertz CT molecular complexity index is 431. The van der Waals surface area contributed by atoms with Crippen molar-refractivity contribution in [1.29, 1.82) is 0 Å². The van der Waals surface area contributed by atoms with Crippen molar-refractivity contribution in [3.05, 3.63) is 46.6 Å². The minimum atomic E-state index is 0.867. The first kappa shape index (κ1) is 22.9. The van der Waals surface area contributed by atoms with Gasteiger partial charge in [-0.2, -0.15) is 0 Å². The van der Waals surface area contributed by atoms with Crippen molar-refractivity contribution in [1.82, 2.24) is 0 Å². The van der Waals surface area contributed by atoms with Crippen LogP contribution >= 0.6 is 0 Å². The van der Waals surface area contributed by atoms with Gasteiger partial charge >= 0.3 is 0 Å². The monoisotopic (exact) mass is 332 g/mol. The number of ether oxygens (including phenoxy) is 1. The van der Waals surface area contributed by atoms with Crippen molar-refractivity contribution >= 4 is 0 Å². The van der Waals surface area contributed by atoms with E-state index < -0.39 is 0 Å². The summed E-state index contributed by atoms with van der Waals surface area (Å²) in [6.07, 6.45) is 18.9. The Morgan fingerprint density at radius 3 is 1.58 bits per heavy atom. The van der Waals surface area contributed by atoms with Gasteiger partial charge in [0.05, 0.1) is 0 Å². The van der Waals surface area contributed by atoms with Gasteiger partial charge in [0.15, 0.2) is 0 Å². The normalized spacial score (nSPS) is 13.3. The van der Waals surface area contributed by atoms with Crippen molar-refractivity contribution in [2.45, 2.75) is 86.0 Å². The standard InChI is InChI=1S/C23H40O/c1-20(2)12-9-15-23(5)17-10-16-21(3)13-7-8-14-22(4)18-11-19-24-6/h12-14,17H,7-11,15-16,18-19H2,1-6H3/b21-13+,22-14+,23-17+. The molecule has 0 N–H and O–H groups in total. The Hall–Kier alpha value is -1.08. The lowest BCUT2D eigenvalue weighted by molar-refractivity contribution is 0.195. The minimum absolute atomic E-state index is 0.867. The van der Waals surface area contributed by atoms with E-state index in [1.165, 1.54) is 48.0 Å². The average molecular weight is 333 g/mol. The van der Waals surface area contributed by atoms with Gasteiger partial charge in [-0.15, -0.1) is 0 Å². The lowest BCUT2D eigenvalue weighted by Gasteiger charge is -2.02. The molecule has 0 saturated carbocycles. The molecule has 0 rings (SSSR count). The van der Waals surface area contributed by atoms with E-state index in [4.69, 9.17) is 4.74 Å². The van der Waals surface area contributed by atoms with Crippen LogP contribution in [0.2, 0.25) is 0 Å². The zero-order chi connectivity index (χ0) is 18.2. The van der Waals surface area contributed by atoms with Crippen molar-refractivity contribution in [2.75, 3.05) is 13.7 Å². The summed E-state index contributed by atoms with van der Waals surface area (Å²) < 4.78 is 5.09. The molecule has 138 valence electrons. The molecule has 0 radical (unpaired) electrons. The first-order valence-electron chi connectivity index (χ1n) is 9.55. The number of rotatable bonds is 13. The van der Waals surface area contributed by atoms with Crippen LogP contribution in [0.5, 0.6) is 0 Å². The third-order valence-electron chi connectivity index (χ3n) is 4.19. The summed E-state index contributed by atoms with van der Waals surface area (Å²) in [7, 11) is 1.77. The van der Waals surface area contributed by atoms with E-state index in [9.17, 15) is 0 Å². The van der Waals surface area contributed by atoms with E-state index in [0.717, 1.165) is 32.3 Å². The molecule has 24 heavy (non-hydrogen) atoms. The molecular weight excluding hydrogens is 292 g/mol. The summed E-state index contributed by atoms with van der Waals surface area (Å²) in [5, 5.41) is 0. The molecule has 0 saturated heterocycles. The van der Waals surface area contributed by atoms with E-state index in [1.807, 2.05) is 0 Å². The molecule has 0 aromatic rings. The van der Waals surface area contributed by atoms with Gasteiger partial charge in [-0.25, -0.2) is 0 Å². The Balaban J connectivity index is 3.90. The summed E-state index contributed by atoms with van der Waals surface area (Å²) in [6, 6.07) is 0. The van der Waals surface area contributed by atoms with E-state index in [-0.39, 0.29) is 0 Å². The van der Waals surface area contributed by atoms with Gasteiger partial charge in [0, 0.05) is 13.7 Å². The summed E-state index contributed by atoms with van der Waals surface area (Å²) >= 11 is 0. The fraction of sp³-hybridized carbons (Fsp3) is 0.652. The molecule has 0 aliphatic rings. The molecule has 0 aromatic heterocycles. The van der Waals surface area contributed by atoms with Crippen LogP contribution in [-0.2, 0) is 4.74 Å². The molecule has 0 aliphatic carbocycles. The highest BCUT2D eigenvalue weighted by Gasteiger charge is 1.93. The highest BCUT2D eigenvalue weighted by atomic mass is 16.5. The van der Waals surface area contributed by atoms with Crippen LogP contribution in [0.15, 0.2) is 46.6 Å². The summed E-state index contributed by atoms with van der Waals surface area (Å²) in [6.45, 7) is 12.0. The molecule has 0 unspecified atom stereocenters. The zero-order valence-electron chi connectivity index (χ0n) is 17.1. The average Bonchev–Trinajstić information content (AvgIpc) is 2.51. The first-order valence-corrected chi connectivity index (χ1v) is 9.55. The Labute approximate surface area is 151 Å². The van der Waals surface area contributed by atoms with Crippen LogP contribution in [0.1, 0.15) is 86.0 Å². The van der Waals surface area contributed by atoms with Crippen molar-refractivity contribution < 1.29 is 4.74 Å². The summed E-state index contributed by atoms with van der Waals surface area (Å²) in [4.78, 5) is 0. The maximum absolute atomic E-state index is 5.09. The summed E-state index contributed by atoms with van der Waals surface area (Å²) in [5.41, 5.74) is 5.96. The molecular formula is C23H40O. The molecule has 1 heteroatoms. The predicted molar refractivity (Wildman–Crippen MR) is 110 cm³/mol. The third-order valence-corrected chi connectivity index (χ3v) is 4.19. The van der Waals surface area contributed by atoms with Crippen LogP contribution in [0.3, 0.4) is 0 Å². The molecule has 0 amide bonds. The van der Waals surface area contributed by atoms with Gasteiger partial charge in [0.25, 0.3) is 0 Å². The molecule has 1 nitrogen and oxygen atoms in total. The van der Waals surface area contributed by atoms with E-state index >= 15 is 0 Å². The van der Waals surface area contributed by atoms with Crippen LogP contribution in [-0.4, -0.2) is 13.7 Å². The summed E-state index contributed by atoms with van der Waals surface area (Å²) in [5.74, 6) is 0. The Morgan fingerprint density at radius 2 is 1.08 bits per heavy atom. The number of allylic oxidation sites excluding steroid dienone is 8. The lowest BCUT2D eigenvalue weighted by atomic mass is 10.0. The van der Waals surface area contributed by atoms with E-state index in [1.54, 1.807) is 7.11 Å². The minimum Gasteiger partial charge on any atom is -0.385 e. The molecule has 0 atom stereocenters. The van der Waals surface area contributed by atoms with Gasteiger partial charge < -0.3 is 4.74 Å². The zero-order valence-corrected chi connectivity index (χ0v) is 17.1. The van der Waals surface area contributed by atoms with Gasteiger partial charge in [-0.3, -0.25) is 0 Å². The second kappa shape index (κ2) is 15.4. The largest absolute Gasteiger partial charge is 0.385 e. The van der Waals surface area contributed by atoms with Crippen LogP contribution in [0.4, 0.5) is 0 Å². The molecule has 0 fully saturated rings. The maximum Gasteiger partial charge on any atom is 0.0465 e. The number of unbranched alkanes of at least 4 members (excludes halogenated alkanes) is 1. The number of methoxy groups -OCH3 is 1. The fourth-order valence-electron chi connectivity index (χ4n) is 2.60. The maximum atomic E-state index is 5.09. The quantitative estimate of drug-likeness (QED) is 0.250. The van der Waals surface area contributed by atoms with Gasteiger partial charge in [0.2, 0.25) is 0 Å². The molecule has 0 aromatic carbocycles. The molecule has 0 heterocycles. The van der Waals surface area contributed by atoms with Crippen LogP contribution < -0.4 is 0 Å². The van der Waals surface area contributed by atoms with Gasteiger partial charge in [-0.1, -0.05) is 46.6 Å². The van der Waals surface area contributed by atoms with Crippen molar-refractivity contribution in [2.24, 2.45) is 0 Å². The second-order valence-corrected chi connectivity index (χ2v) is 7.18. The highest BCUT2D eigenvalue weighted by Crippen LogP contribution is 2.13. The van der Waals surface area contributed by atoms with Crippen LogP contribution in [0.25, 0.3) is 0 Å². The highest BCUT2D eigenvalue weighted by molar-refractivity contribution is 5.06. The van der Waals surface area contributed by atoms with E-state index in [2.05, 4.69) is 58.9 Å². The number of hydrogen-bond donors (Lipinski definition) is 0. The Morgan fingerprint density at radius 1 is 0.625 bits per heavy atom. The van der Waals surface area contributed by atoms with E-state index in [0.29, 0.717) is 0 Å². The SMILES string of the molecule is COCCC/C(C)=C/CC/C=C(\C)CC/C=C(\C)CCC=C(C)C. The number of hydrogen-bond acceptors (Lipinski definition) is 1. The molecule has 0 spiro atoms. The lowest BCUT2D eigenvalue weighted by Crippen LogP contribution is -1.88. The molecule has 0 aliphatic heterocycles. The predicted octanol–water partition coefficient (Wildman–Crippen LogP) is 7.56. The van der Waals surface area contributed by atoms with Gasteiger partial charge in [-0.05, 0) is 86.0 Å². The topological polar surface area (TPSA) is 9.23 Å². The van der Waals surface area contributed by atoms with Crippen LogP contribution in [0, 0.1) is 0 Å². The smallest absolute Gasteiger partial charge is 0.0465 e. The van der Waals surface area contributed by atoms with Crippen molar-refractivity contribution in [3.8, 4) is 0 Å². The first-order chi connectivity index (χ1) is 11.5. The van der Waals surface area contributed by atoms with Crippen molar-refractivity contribution in [3.63, 3.8) is 0 Å².